The highest BCUT2D eigenvalue weighted by Crippen LogP contribution is 2.38. The Hall–Kier alpha value is -2.38. The Bertz CT molecular complexity index is 1070. The largest absolute Gasteiger partial charge is 0.419 e. The van der Waals surface area contributed by atoms with Crippen molar-refractivity contribution >= 4 is 21.1 Å². The number of benzene rings is 2. The quantitative estimate of drug-likeness (QED) is 0.731. The molecule has 1 unspecified atom stereocenters. The molecule has 1 atom stereocenters. The SMILES string of the molecule is Cn1c(=O)oc2cc(S(=O)(=O)N3CCC3c3ccccc3)ccc21. The maximum absolute atomic E-state index is 12.9. The van der Waals surface area contributed by atoms with E-state index in [0.29, 0.717) is 12.1 Å². The third-order valence-electron chi connectivity index (χ3n) is 4.53. The summed E-state index contributed by atoms with van der Waals surface area (Å²) in [5.41, 5.74) is 1.84. The van der Waals surface area contributed by atoms with E-state index in [2.05, 4.69) is 0 Å². The molecule has 2 aromatic carbocycles. The first-order valence-electron chi connectivity index (χ1n) is 7.65. The number of oxazole rings is 1. The fourth-order valence-corrected chi connectivity index (χ4v) is 4.74. The van der Waals surface area contributed by atoms with Crippen LogP contribution in [0.5, 0.6) is 0 Å². The van der Waals surface area contributed by atoms with Gasteiger partial charge >= 0.3 is 5.76 Å². The average Bonchev–Trinajstić information content (AvgIpc) is 2.81. The molecule has 1 aromatic heterocycles. The molecule has 1 fully saturated rings. The van der Waals surface area contributed by atoms with Crippen LogP contribution in [0, 0.1) is 0 Å². The van der Waals surface area contributed by atoms with Crippen molar-refractivity contribution in [2.75, 3.05) is 6.54 Å². The zero-order chi connectivity index (χ0) is 16.9. The van der Waals surface area contributed by atoms with Gasteiger partial charge in [0, 0.05) is 19.7 Å². The molecule has 0 bridgehead atoms. The first-order chi connectivity index (χ1) is 11.5. The van der Waals surface area contributed by atoms with E-state index in [1.807, 2.05) is 30.3 Å². The zero-order valence-corrected chi connectivity index (χ0v) is 13.9. The Morgan fingerprint density at radius 1 is 1.12 bits per heavy atom. The Morgan fingerprint density at radius 3 is 2.54 bits per heavy atom. The van der Waals surface area contributed by atoms with Crippen LogP contribution in [0.1, 0.15) is 18.0 Å². The lowest BCUT2D eigenvalue weighted by Crippen LogP contribution is -2.44. The normalized spacial score (nSPS) is 18.6. The lowest BCUT2D eigenvalue weighted by Gasteiger charge is -2.39. The number of aromatic nitrogens is 1. The first kappa shape index (κ1) is 15.2. The molecule has 6 nitrogen and oxygen atoms in total. The summed E-state index contributed by atoms with van der Waals surface area (Å²) < 4.78 is 33.8. The molecule has 2 heterocycles. The van der Waals surface area contributed by atoms with Crippen LogP contribution in [0.4, 0.5) is 0 Å². The lowest BCUT2D eigenvalue weighted by atomic mass is 9.98. The molecular formula is C17H16N2O4S. The molecule has 1 saturated heterocycles. The standard InChI is InChI=1S/C17H16N2O4S/c1-18-15-8-7-13(11-16(15)23-17(18)20)24(21,22)19-10-9-14(19)12-5-3-2-4-6-12/h2-8,11,14H,9-10H2,1H3. The highest BCUT2D eigenvalue weighted by Gasteiger charge is 2.39. The number of nitrogens with zero attached hydrogens (tertiary/aromatic N) is 2. The molecule has 1 aliphatic heterocycles. The molecule has 0 saturated carbocycles. The summed E-state index contributed by atoms with van der Waals surface area (Å²) in [5.74, 6) is -0.509. The Balaban J connectivity index is 1.74. The molecule has 3 aromatic rings. The topological polar surface area (TPSA) is 72.5 Å². The molecule has 0 amide bonds. The van der Waals surface area contributed by atoms with Crippen molar-refractivity contribution in [3.63, 3.8) is 0 Å². The zero-order valence-electron chi connectivity index (χ0n) is 13.0. The van der Waals surface area contributed by atoms with Crippen molar-refractivity contribution < 1.29 is 12.8 Å². The number of fused-ring (bicyclic) bond motifs is 1. The maximum Gasteiger partial charge on any atom is 0.419 e. The fraction of sp³-hybridized carbons (Fsp3) is 0.235. The summed E-state index contributed by atoms with van der Waals surface area (Å²) in [6, 6.07) is 14.0. The van der Waals surface area contributed by atoms with Crippen molar-refractivity contribution in [2.45, 2.75) is 17.4 Å². The predicted molar refractivity (Wildman–Crippen MR) is 89.1 cm³/mol. The number of hydrogen-bond acceptors (Lipinski definition) is 4. The van der Waals surface area contributed by atoms with E-state index in [9.17, 15) is 13.2 Å². The lowest BCUT2D eigenvalue weighted by molar-refractivity contribution is 0.202. The van der Waals surface area contributed by atoms with Crippen LogP contribution in [0.2, 0.25) is 0 Å². The van der Waals surface area contributed by atoms with Gasteiger partial charge in [0.15, 0.2) is 5.58 Å². The molecule has 4 rings (SSSR count). The monoisotopic (exact) mass is 344 g/mol. The molecule has 124 valence electrons. The van der Waals surface area contributed by atoms with Crippen LogP contribution < -0.4 is 5.76 Å². The van der Waals surface area contributed by atoms with Gasteiger partial charge < -0.3 is 4.42 Å². The van der Waals surface area contributed by atoms with E-state index >= 15 is 0 Å². The smallest absolute Gasteiger partial charge is 0.408 e. The molecule has 0 N–H and O–H groups in total. The third kappa shape index (κ3) is 2.20. The van der Waals surface area contributed by atoms with Crippen LogP contribution >= 0.6 is 0 Å². The van der Waals surface area contributed by atoms with Gasteiger partial charge in [0.25, 0.3) is 0 Å². The van der Waals surface area contributed by atoms with Crippen LogP contribution in [0.25, 0.3) is 11.1 Å². The highest BCUT2D eigenvalue weighted by molar-refractivity contribution is 7.89. The molecule has 0 aliphatic carbocycles. The molecule has 1 aliphatic rings. The van der Waals surface area contributed by atoms with E-state index in [0.717, 1.165) is 12.0 Å². The minimum absolute atomic E-state index is 0.144. The molecular weight excluding hydrogens is 328 g/mol. The van der Waals surface area contributed by atoms with Crippen molar-refractivity contribution in [3.05, 3.63) is 64.6 Å². The fourth-order valence-electron chi connectivity index (χ4n) is 3.07. The van der Waals surface area contributed by atoms with Crippen LogP contribution in [0.15, 0.2) is 62.6 Å². The third-order valence-corrected chi connectivity index (χ3v) is 6.43. The van der Waals surface area contributed by atoms with Gasteiger partial charge in [-0.1, -0.05) is 30.3 Å². The predicted octanol–water partition coefficient (Wildman–Crippen LogP) is 2.27. The first-order valence-corrected chi connectivity index (χ1v) is 9.09. The molecule has 24 heavy (non-hydrogen) atoms. The second-order valence-electron chi connectivity index (χ2n) is 5.89. The van der Waals surface area contributed by atoms with Gasteiger partial charge in [0.2, 0.25) is 10.0 Å². The van der Waals surface area contributed by atoms with Crippen molar-refractivity contribution in [3.8, 4) is 0 Å². The average molecular weight is 344 g/mol. The van der Waals surface area contributed by atoms with Gasteiger partial charge in [0.05, 0.1) is 16.5 Å². The van der Waals surface area contributed by atoms with Gasteiger partial charge in [-0.2, -0.15) is 4.31 Å². The van der Waals surface area contributed by atoms with Gasteiger partial charge in [-0.3, -0.25) is 4.57 Å². The summed E-state index contributed by atoms with van der Waals surface area (Å²) in [5, 5.41) is 0. The molecule has 7 heteroatoms. The second kappa shape index (κ2) is 5.32. The number of aryl methyl sites for hydroxylation is 1. The maximum atomic E-state index is 12.9. The summed E-state index contributed by atoms with van der Waals surface area (Å²) >= 11 is 0. The Morgan fingerprint density at radius 2 is 1.88 bits per heavy atom. The van der Waals surface area contributed by atoms with Gasteiger partial charge in [-0.25, -0.2) is 13.2 Å². The highest BCUT2D eigenvalue weighted by atomic mass is 32.2. The minimum atomic E-state index is -3.63. The van der Waals surface area contributed by atoms with E-state index in [1.165, 1.54) is 21.0 Å². The summed E-state index contributed by atoms with van der Waals surface area (Å²) in [7, 11) is -2.05. The van der Waals surface area contributed by atoms with E-state index < -0.39 is 15.8 Å². The Labute approximate surface area is 139 Å². The molecule has 0 spiro atoms. The number of rotatable bonds is 3. The Kier molecular flexibility index (Phi) is 3.36. The van der Waals surface area contributed by atoms with Gasteiger partial charge in [0.1, 0.15) is 0 Å². The van der Waals surface area contributed by atoms with Crippen molar-refractivity contribution in [1.29, 1.82) is 0 Å². The summed E-state index contributed by atoms with van der Waals surface area (Å²) in [6.45, 7) is 0.485. The van der Waals surface area contributed by atoms with Gasteiger partial charge in [-0.05, 0) is 24.1 Å². The second-order valence-corrected chi connectivity index (χ2v) is 7.78. The minimum Gasteiger partial charge on any atom is -0.408 e. The summed E-state index contributed by atoms with van der Waals surface area (Å²) in [4.78, 5) is 11.7. The van der Waals surface area contributed by atoms with Crippen molar-refractivity contribution in [1.82, 2.24) is 8.87 Å². The van der Waals surface area contributed by atoms with Crippen LogP contribution in [-0.4, -0.2) is 23.8 Å². The van der Waals surface area contributed by atoms with E-state index in [4.69, 9.17) is 4.42 Å². The van der Waals surface area contributed by atoms with Gasteiger partial charge in [-0.15, -0.1) is 0 Å². The van der Waals surface area contributed by atoms with Crippen molar-refractivity contribution in [2.24, 2.45) is 7.05 Å². The molecule has 0 radical (unpaired) electrons. The summed E-state index contributed by atoms with van der Waals surface area (Å²) in [6.07, 6.45) is 0.798. The van der Waals surface area contributed by atoms with E-state index in [1.54, 1.807) is 13.1 Å². The van der Waals surface area contributed by atoms with Crippen LogP contribution in [-0.2, 0) is 17.1 Å². The van der Waals surface area contributed by atoms with Crippen LogP contribution in [0.3, 0.4) is 0 Å². The van der Waals surface area contributed by atoms with E-state index in [-0.39, 0.29) is 16.5 Å². The number of hydrogen-bond donors (Lipinski definition) is 0. The number of sulfonamides is 1.